The molecule has 9 heteroatoms. The molecule has 148 valence electrons. The van der Waals surface area contributed by atoms with E-state index in [1.165, 1.54) is 0 Å². The second-order valence-electron chi connectivity index (χ2n) is 5.95. The van der Waals surface area contributed by atoms with E-state index in [9.17, 15) is 4.79 Å². The number of halogens is 2. The molecule has 0 aliphatic heterocycles. The molecule has 3 aromatic rings. The van der Waals surface area contributed by atoms with Gasteiger partial charge in [0.1, 0.15) is 0 Å². The number of carbonyl (C=O) groups excluding carboxylic acids is 1. The number of aromatic nitrogens is 3. The van der Waals surface area contributed by atoms with Crippen LogP contribution in [0.1, 0.15) is 29.4 Å². The molecule has 0 aliphatic rings. The van der Waals surface area contributed by atoms with Gasteiger partial charge in [-0.05, 0) is 37.4 Å². The Balaban J connectivity index is 0.00000182. The molecule has 2 N–H and O–H groups in total. The highest BCUT2D eigenvalue weighted by atomic mass is 35.5. The average Bonchev–Trinajstić information content (AvgIpc) is 3.23. The molecule has 27 heavy (non-hydrogen) atoms. The van der Waals surface area contributed by atoms with Gasteiger partial charge in [0.2, 0.25) is 0 Å². The molecule has 0 fully saturated rings. The monoisotopic (exact) mass is 429 g/mol. The molecular weight excluding hydrogens is 405 g/mol. The number of hydrogen-bond donors (Lipinski definition) is 2. The van der Waals surface area contributed by atoms with E-state index in [-0.39, 0.29) is 30.7 Å². The van der Waals surface area contributed by atoms with Crippen LogP contribution in [0, 0.1) is 6.92 Å². The van der Waals surface area contributed by atoms with E-state index < -0.39 is 0 Å². The van der Waals surface area contributed by atoms with E-state index in [2.05, 4.69) is 22.7 Å². The summed E-state index contributed by atoms with van der Waals surface area (Å²) in [5.74, 6) is -0.0837. The van der Waals surface area contributed by atoms with E-state index in [1.54, 1.807) is 16.0 Å². The molecule has 0 aliphatic carbocycles. The smallest absolute Gasteiger partial charge is 0.252 e. The summed E-state index contributed by atoms with van der Waals surface area (Å²) in [4.78, 5) is 18.5. The van der Waals surface area contributed by atoms with Crippen molar-refractivity contribution in [3.05, 3.63) is 34.8 Å². The van der Waals surface area contributed by atoms with Gasteiger partial charge in [0.15, 0.2) is 5.65 Å². The Morgan fingerprint density at radius 3 is 2.70 bits per heavy atom. The summed E-state index contributed by atoms with van der Waals surface area (Å²) in [6.07, 6.45) is 1.08. The third-order valence-electron chi connectivity index (χ3n) is 4.00. The van der Waals surface area contributed by atoms with Gasteiger partial charge in [-0.2, -0.15) is 5.10 Å². The van der Waals surface area contributed by atoms with Crippen molar-refractivity contribution in [2.24, 2.45) is 7.05 Å². The van der Waals surface area contributed by atoms with Crippen molar-refractivity contribution in [3.63, 3.8) is 0 Å². The lowest BCUT2D eigenvalue weighted by Crippen LogP contribution is -2.32. The topological polar surface area (TPSA) is 71.8 Å². The average molecular weight is 430 g/mol. The van der Waals surface area contributed by atoms with E-state index >= 15 is 0 Å². The predicted molar refractivity (Wildman–Crippen MR) is 117 cm³/mol. The number of hydrogen-bond acceptors (Lipinski definition) is 5. The molecule has 0 spiro atoms. The molecule has 0 aromatic carbocycles. The summed E-state index contributed by atoms with van der Waals surface area (Å²) in [7, 11) is 1.86. The Morgan fingerprint density at radius 1 is 1.26 bits per heavy atom. The first-order chi connectivity index (χ1) is 12.1. The Labute approximate surface area is 175 Å². The van der Waals surface area contributed by atoms with E-state index in [0.29, 0.717) is 12.1 Å². The molecule has 6 nitrogen and oxygen atoms in total. The number of thiophene rings is 1. The third kappa shape index (κ3) is 5.19. The third-order valence-corrected chi connectivity index (χ3v) is 4.89. The zero-order valence-electron chi connectivity index (χ0n) is 15.6. The maximum absolute atomic E-state index is 12.8. The zero-order valence-corrected chi connectivity index (χ0v) is 18.1. The van der Waals surface area contributed by atoms with Crippen molar-refractivity contribution in [3.8, 4) is 10.6 Å². The number of amides is 1. The fraction of sp³-hybridized carbons (Fsp3) is 0.389. The first-order valence-electron chi connectivity index (χ1n) is 8.49. The molecule has 0 saturated heterocycles. The van der Waals surface area contributed by atoms with Crippen molar-refractivity contribution in [1.29, 1.82) is 0 Å². The van der Waals surface area contributed by atoms with Crippen LogP contribution in [0.2, 0.25) is 0 Å². The highest BCUT2D eigenvalue weighted by Gasteiger charge is 2.19. The summed E-state index contributed by atoms with van der Waals surface area (Å²) in [6, 6.07) is 5.87. The molecular formula is C18H25Cl2N5OS. The van der Waals surface area contributed by atoms with Gasteiger partial charge in [-0.1, -0.05) is 13.0 Å². The van der Waals surface area contributed by atoms with Crippen LogP contribution in [0.25, 0.3) is 21.6 Å². The lowest BCUT2D eigenvalue weighted by atomic mass is 10.1. The highest BCUT2D eigenvalue weighted by Crippen LogP contribution is 2.29. The van der Waals surface area contributed by atoms with Crippen LogP contribution in [0.4, 0.5) is 0 Å². The first kappa shape index (κ1) is 23.4. The SMILES string of the molecule is CCCNCCNC(=O)c1cc(-c2cccs2)nc2c1c(C)nn2C.Cl.Cl. The van der Waals surface area contributed by atoms with E-state index in [4.69, 9.17) is 4.98 Å². The number of nitrogens with zero attached hydrogens (tertiary/aromatic N) is 3. The fourth-order valence-electron chi connectivity index (χ4n) is 2.84. The predicted octanol–water partition coefficient (Wildman–Crippen LogP) is 3.58. The summed E-state index contributed by atoms with van der Waals surface area (Å²) in [5.41, 5.74) is 2.99. The van der Waals surface area contributed by atoms with Crippen molar-refractivity contribution < 1.29 is 4.79 Å². The van der Waals surface area contributed by atoms with Gasteiger partial charge in [-0.25, -0.2) is 4.98 Å². The minimum Gasteiger partial charge on any atom is -0.351 e. The molecule has 3 rings (SSSR count). The standard InChI is InChI=1S/C18H23N5OS.2ClH/c1-4-7-19-8-9-20-18(24)13-11-14(15-6-5-10-25-15)21-17-16(13)12(2)22-23(17)3;;/h5-6,10-11,19H,4,7-9H2,1-3H3,(H,20,24);2*1H. The molecule has 1 amide bonds. The van der Waals surface area contributed by atoms with Crippen molar-refractivity contribution in [2.75, 3.05) is 19.6 Å². The molecule has 0 bridgehead atoms. The second-order valence-corrected chi connectivity index (χ2v) is 6.89. The number of aryl methyl sites for hydroxylation is 2. The van der Waals surface area contributed by atoms with Crippen LogP contribution < -0.4 is 10.6 Å². The van der Waals surface area contributed by atoms with Crippen LogP contribution in [0.5, 0.6) is 0 Å². The molecule has 0 atom stereocenters. The van der Waals surface area contributed by atoms with Crippen LogP contribution in [0.15, 0.2) is 23.6 Å². The van der Waals surface area contributed by atoms with Crippen molar-refractivity contribution in [1.82, 2.24) is 25.4 Å². The lowest BCUT2D eigenvalue weighted by Gasteiger charge is -2.09. The molecule has 0 radical (unpaired) electrons. The normalized spacial score (nSPS) is 10.3. The summed E-state index contributed by atoms with van der Waals surface area (Å²) in [6.45, 7) is 6.35. The maximum atomic E-state index is 12.8. The van der Waals surface area contributed by atoms with Crippen LogP contribution in [-0.4, -0.2) is 40.3 Å². The van der Waals surface area contributed by atoms with Crippen molar-refractivity contribution >= 4 is 53.1 Å². The Morgan fingerprint density at radius 2 is 2.04 bits per heavy atom. The molecule has 3 heterocycles. The summed E-state index contributed by atoms with van der Waals surface area (Å²) in [5, 5.41) is 13.6. The van der Waals surface area contributed by atoms with Crippen LogP contribution in [0.3, 0.4) is 0 Å². The number of pyridine rings is 1. The van der Waals surface area contributed by atoms with Gasteiger partial charge in [-0.3, -0.25) is 9.48 Å². The second kappa shape index (κ2) is 10.6. The Hall–Kier alpha value is -1.67. The fourth-order valence-corrected chi connectivity index (χ4v) is 3.52. The lowest BCUT2D eigenvalue weighted by molar-refractivity contribution is 0.0955. The number of carbonyl (C=O) groups is 1. The van der Waals surface area contributed by atoms with Gasteiger partial charge >= 0.3 is 0 Å². The van der Waals surface area contributed by atoms with Gasteiger partial charge in [0.25, 0.3) is 5.91 Å². The van der Waals surface area contributed by atoms with Gasteiger partial charge in [-0.15, -0.1) is 36.2 Å². The molecule has 3 aromatic heterocycles. The van der Waals surface area contributed by atoms with Gasteiger partial charge in [0, 0.05) is 20.1 Å². The largest absolute Gasteiger partial charge is 0.351 e. The highest BCUT2D eigenvalue weighted by molar-refractivity contribution is 7.13. The maximum Gasteiger partial charge on any atom is 0.252 e. The number of rotatable bonds is 7. The van der Waals surface area contributed by atoms with Crippen LogP contribution >= 0.6 is 36.2 Å². The first-order valence-corrected chi connectivity index (χ1v) is 9.37. The van der Waals surface area contributed by atoms with E-state index in [1.807, 2.05) is 37.6 Å². The van der Waals surface area contributed by atoms with Crippen molar-refractivity contribution in [2.45, 2.75) is 20.3 Å². The molecule has 0 unspecified atom stereocenters. The number of fused-ring (bicyclic) bond motifs is 1. The Kier molecular flexibility index (Phi) is 9.18. The minimum atomic E-state index is -0.0837. The molecule has 0 saturated carbocycles. The Bertz CT molecular complexity index is 880. The minimum absolute atomic E-state index is 0. The summed E-state index contributed by atoms with van der Waals surface area (Å²) < 4.78 is 1.74. The summed E-state index contributed by atoms with van der Waals surface area (Å²) >= 11 is 1.61. The quantitative estimate of drug-likeness (QED) is 0.562. The van der Waals surface area contributed by atoms with E-state index in [0.717, 1.165) is 46.8 Å². The number of nitrogens with one attached hydrogen (secondary N) is 2. The van der Waals surface area contributed by atoms with Crippen LogP contribution in [-0.2, 0) is 7.05 Å². The van der Waals surface area contributed by atoms with Gasteiger partial charge in [0.05, 0.1) is 27.2 Å². The van der Waals surface area contributed by atoms with Gasteiger partial charge < -0.3 is 10.6 Å². The zero-order chi connectivity index (χ0) is 17.8.